The molecule has 11 nitrogen and oxygen atoms in total. The highest BCUT2D eigenvalue weighted by atomic mass is 16.5. The predicted octanol–water partition coefficient (Wildman–Crippen LogP) is 5.23. The van der Waals surface area contributed by atoms with Crippen LogP contribution in [-0.4, -0.2) is 65.2 Å². The fourth-order valence-electron chi connectivity index (χ4n) is 6.18. The number of rotatable bonds is 12. The van der Waals surface area contributed by atoms with E-state index in [1.165, 1.54) is 13.2 Å². The summed E-state index contributed by atoms with van der Waals surface area (Å²) < 4.78 is 39.5. The number of methoxy groups -OCH3 is 6. The Labute approximate surface area is 273 Å². The number of carbonyl (C=O) groups is 1. The van der Waals surface area contributed by atoms with Crippen molar-refractivity contribution in [3.63, 3.8) is 0 Å². The van der Waals surface area contributed by atoms with Gasteiger partial charge >= 0.3 is 5.97 Å². The van der Waals surface area contributed by atoms with Crippen molar-refractivity contribution < 1.29 is 42.7 Å². The van der Waals surface area contributed by atoms with Crippen LogP contribution in [0.25, 0.3) is 0 Å². The first-order valence-electron chi connectivity index (χ1n) is 15.0. The molecule has 0 spiro atoms. The monoisotopic (exact) mass is 645 g/mol. The van der Waals surface area contributed by atoms with Crippen LogP contribution in [0.1, 0.15) is 52.2 Å². The predicted molar refractivity (Wildman–Crippen MR) is 173 cm³/mol. The fourth-order valence-corrected chi connectivity index (χ4v) is 6.18. The summed E-state index contributed by atoms with van der Waals surface area (Å²) in [7, 11) is 9.15. The van der Waals surface area contributed by atoms with E-state index in [1.54, 1.807) is 35.5 Å². The summed E-state index contributed by atoms with van der Waals surface area (Å²) in [4.78, 5) is 27.8. The Bertz CT molecular complexity index is 1760. The molecule has 3 aromatic carbocycles. The van der Waals surface area contributed by atoms with Crippen LogP contribution in [0.15, 0.2) is 69.9 Å². The second-order valence-corrected chi connectivity index (χ2v) is 11.0. The molecule has 0 radical (unpaired) electrons. The summed E-state index contributed by atoms with van der Waals surface area (Å²) in [6.45, 7) is 0.769. The van der Waals surface area contributed by atoms with Gasteiger partial charge in [0.15, 0.2) is 28.8 Å². The Kier molecular flexibility index (Phi) is 10.3. The minimum Gasteiger partial charge on any atom is -0.502 e. The molecule has 5 rings (SSSR count). The number of hydrogen-bond acceptors (Lipinski definition) is 11. The average Bonchev–Trinajstić information content (AvgIpc) is 3.10. The largest absolute Gasteiger partial charge is 0.502 e. The molecule has 0 bridgehead atoms. The lowest BCUT2D eigenvalue weighted by Gasteiger charge is -2.38. The third-order valence-corrected chi connectivity index (χ3v) is 8.45. The number of benzene rings is 3. The highest BCUT2D eigenvalue weighted by Gasteiger charge is 2.34. The van der Waals surface area contributed by atoms with Crippen molar-refractivity contribution in [2.75, 3.05) is 49.2 Å². The van der Waals surface area contributed by atoms with E-state index in [0.717, 1.165) is 16.7 Å². The summed E-state index contributed by atoms with van der Waals surface area (Å²) in [5.41, 5.74) is 2.93. The van der Waals surface area contributed by atoms with Crippen LogP contribution in [0.5, 0.6) is 34.5 Å². The molecule has 1 aromatic heterocycles. The fraction of sp³-hybridized carbons (Fsp3) is 0.333. The first-order valence-corrected chi connectivity index (χ1v) is 15.0. The van der Waals surface area contributed by atoms with Gasteiger partial charge in [-0.2, -0.15) is 0 Å². The van der Waals surface area contributed by atoms with Gasteiger partial charge in [-0.25, -0.2) is 0 Å². The van der Waals surface area contributed by atoms with Crippen molar-refractivity contribution in [2.45, 2.75) is 31.3 Å². The molecule has 2 atom stereocenters. The van der Waals surface area contributed by atoms with Crippen LogP contribution < -0.4 is 29.1 Å². The van der Waals surface area contributed by atoms with Gasteiger partial charge in [-0.3, -0.25) is 14.5 Å². The zero-order valence-electron chi connectivity index (χ0n) is 27.3. The smallest absolute Gasteiger partial charge is 0.306 e. The Balaban J connectivity index is 1.65. The number of nitrogens with zero attached hydrogens (tertiary/aromatic N) is 1. The third-order valence-electron chi connectivity index (χ3n) is 8.45. The minimum atomic E-state index is -0.749. The van der Waals surface area contributed by atoms with Crippen molar-refractivity contribution in [3.05, 3.63) is 105 Å². The van der Waals surface area contributed by atoms with Crippen LogP contribution in [-0.2, 0) is 22.5 Å². The van der Waals surface area contributed by atoms with E-state index in [1.807, 2.05) is 54.6 Å². The van der Waals surface area contributed by atoms with Crippen LogP contribution in [0.2, 0.25) is 0 Å². The first-order chi connectivity index (χ1) is 22.8. The van der Waals surface area contributed by atoms with E-state index in [-0.39, 0.29) is 24.8 Å². The molecule has 0 saturated heterocycles. The summed E-state index contributed by atoms with van der Waals surface area (Å²) in [5.74, 6) is 1.13. The van der Waals surface area contributed by atoms with Crippen molar-refractivity contribution in [1.82, 2.24) is 4.90 Å². The van der Waals surface area contributed by atoms with Gasteiger partial charge in [0.2, 0.25) is 16.9 Å². The lowest BCUT2D eigenvalue weighted by Crippen LogP contribution is -2.36. The van der Waals surface area contributed by atoms with Gasteiger partial charge in [0, 0.05) is 12.6 Å². The number of hydrogen-bond donors (Lipinski definition) is 1. The van der Waals surface area contributed by atoms with E-state index in [9.17, 15) is 14.7 Å². The Morgan fingerprint density at radius 2 is 1.51 bits per heavy atom. The summed E-state index contributed by atoms with van der Waals surface area (Å²) in [6, 6.07) is 17.7. The van der Waals surface area contributed by atoms with Crippen molar-refractivity contribution in [3.8, 4) is 34.5 Å². The molecule has 1 N–H and O–H groups in total. The van der Waals surface area contributed by atoms with Gasteiger partial charge in [-0.15, -0.1) is 0 Å². The van der Waals surface area contributed by atoms with Gasteiger partial charge in [-0.1, -0.05) is 30.3 Å². The molecule has 1 aliphatic heterocycles. The SMILES string of the molecule is COC(=O)CC(c1ccccc1)c1oc(CN2CCc3cc(OC)c(OC)cc3C2c2cc(OC)c(OC)c(OC)c2)cc(=O)c1O. The lowest BCUT2D eigenvalue weighted by atomic mass is 9.87. The molecule has 11 heteroatoms. The second-order valence-electron chi connectivity index (χ2n) is 11.0. The van der Waals surface area contributed by atoms with E-state index >= 15 is 0 Å². The van der Waals surface area contributed by atoms with Crippen LogP contribution >= 0.6 is 0 Å². The molecule has 4 aromatic rings. The first kappa shape index (κ1) is 33.2. The Morgan fingerprint density at radius 3 is 2.11 bits per heavy atom. The Hall–Kier alpha value is -5.16. The lowest BCUT2D eigenvalue weighted by molar-refractivity contribution is -0.140. The molecular weight excluding hydrogens is 606 g/mol. The zero-order chi connectivity index (χ0) is 33.7. The zero-order valence-corrected chi connectivity index (χ0v) is 27.3. The number of fused-ring (bicyclic) bond motifs is 1. The number of aromatic hydroxyl groups is 1. The van der Waals surface area contributed by atoms with E-state index < -0.39 is 23.1 Å². The molecule has 47 heavy (non-hydrogen) atoms. The van der Waals surface area contributed by atoms with Gasteiger partial charge in [0.05, 0.1) is 67.6 Å². The quantitative estimate of drug-likeness (QED) is 0.204. The summed E-state index contributed by atoms with van der Waals surface area (Å²) in [6.07, 6.45) is 0.536. The maximum atomic E-state index is 13.2. The van der Waals surface area contributed by atoms with Crippen LogP contribution in [0, 0.1) is 0 Å². The minimum absolute atomic E-state index is 0.00255. The molecule has 248 valence electrons. The molecule has 1 aliphatic rings. The molecule has 0 amide bonds. The summed E-state index contributed by atoms with van der Waals surface area (Å²) >= 11 is 0. The van der Waals surface area contributed by atoms with E-state index in [4.69, 9.17) is 32.8 Å². The van der Waals surface area contributed by atoms with Crippen molar-refractivity contribution in [1.29, 1.82) is 0 Å². The normalized spacial score (nSPS) is 14.9. The van der Waals surface area contributed by atoms with Crippen molar-refractivity contribution in [2.24, 2.45) is 0 Å². The molecule has 0 fully saturated rings. The maximum Gasteiger partial charge on any atom is 0.306 e. The number of ether oxygens (including phenoxy) is 6. The van der Waals surface area contributed by atoms with Gasteiger partial charge in [-0.05, 0) is 52.9 Å². The summed E-state index contributed by atoms with van der Waals surface area (Å²) in [5, 5.41) is 10.9. The number of carbonyl (C=O) groups excluding carboxylic acids is 1. The van der Waals surface area contributed by atoms with Crippen molar-refractivity contribution >= 4 is 5.97 Å². The van der Waals surface area contributed by atoms with Gasteiger partial charge in [0.1, 0.15) is 5.76 Å². The molecule has 0 aliphatic carbocycles. The highest BCUT2D eigenvalue weighted by Crippen LogP contribution is 2.46. The number of esters is 1. The second kappa shape index (κ2) is 14.5. The van der Waals surface area contributed by atoms with Crippen LogP contribution in [0.4, 0.5) is 0 Å². The maximum absolute atomic E-state index is 13.2. The standard InChI is InChI=1S/C36H39NO10/c1-41-28-14-22-12-13-37(33(25(22)18-29(28)42-2)23-15-30(43-3)36(46-6)31(16-23)44-4)20-24-17-27(38)34(40)35(47-24)26(19-32(39)45-5)21-10-8-7-9-11-21/h7-11,14-18,26,33,40H,12-13,19-20H2,1-6H3. The van der Waals surface area contributed by atoms with Crippen LogP contribution in [0.3, 0.4) is 0 Å². The van der Waals surface area contributed by atoms with E-state index in [2.05, 4.69) is 4.90 Å². The highest BCUT2D eigenvalue weighted by molar-refractivity contribution is 5.71. The average molecular weight is 646 g/mol. The molecule has 2 heterocycles. The topological polar surface area (TPSA) is 126 Å². The van der Waals surface area contributed by atoms with Gasteiger partial charge in [0.25, 0.3) is 0 Å². The molecule has 2 unspecified atom stereocenters. The molecule has 0 saturated carbocycles. The molecular formula is C36H39NO10. The Morgan fingerprint density at radius 1 is 0.872 bits per heavy atom. The van der Waals surface area contributed by atoms with E-state index in [0.29, 0.717) is 53.0 Å². The van der Waals surface area contributed by atoms with Gasteiger partial charge < -0.3 is 37.9 Å². The third kappa shape index (κ3) is 6.71.